The lowest BCUT2D eigenvalue weighted by Gasteiger charge is -2.16. The molecule has 16 heavy (non-hydrogen) atoms. The van der Waals surface area contributed by atoms with E-state index in [1.807, 2.05) is 0 Å². The van der Waals surface area contributed by atoms with Gasteiger partial charge in [-0.2, -0.15) is 26.3 Å². The number of rotatable bonds is 1. The summed E-state index contributed by atoms with van der Waals surface area (Å²) >= 11 is 0. The molecule has 0 bridgehead atoms. The highest BCUT2D eigenvalue weighted by Crippen LogP contribution is 2.41. The Balaban J connectivity index is 3.40. The molecule has 1 aromatic rings. The van der Waals surface area contributed by atoms with Crippen LogP contribution >= 0.6 is 0 Å². The third kappa shape index (κ3) is 2.59. The molecule has 0 atom stereocenters. The van der Waals surface area contributed by atoms with Gasteiger partial charge in [-0.25, -0.2) is 0 Å². The number of anilines is 1. The monoisotopic (exact) mass is 243 g/mol. The van der Waals surface area contributed by atoms with Gasteiger partial charge < -0.3 is 5.32 Å². The molecule has 0 saturated carbocycles. The lowest BCUT2D eigenvalue weighted by Crippen LogP contribution is -2.16. The molecule has 0 aromatic heterocycles. The molecule has 0 spiro atoms. The van der Waals surface area contributed by atoms with Crippen molar-refractivity contribution in [3.63, 3.8) is 0 Å². The third-order valence-corrected chi connectivity index (χ3v) is 1.92. The zero-order valence-electron chi connectivity index (χ0n) is 8.00. The fraction of sp³-hybridized carbons (Fsp3) is 0.333. The zero-order valence-corrected chi connectivity index (χ0v) is 8.00. The first kappa shape index (κ1) is 12.7. The van der Waals surface area contributed by atoms with Crippen LogP contribution in [-0.2, 0) is 12.4 Å². The van der Waals surface area contributed by atoms with Crippen LogP contribution in [0.4, 0.5) is 32.0 Å². The SMILES string of the molecule is CNc1ccc(C(F)(F)F)c(C(F)(F)F)c1. The van der Waals surface area contributed by atoms with E-state index in [9.17, 15) is 26.3 Å². The van der Waals surface area contributed by atoms with Gasteiger partial charge in [-0.3, -0.25) is 0 Å². The molecule has 1 rings (SSSR count). The molecule has 0 heterocycles. The fourth-order valence-electron chi connectivity index (χ4n) is 1.18. The lowest BCUT2D eigenvalue weighted by atomic mass is 10.1. The topological polar surface area (TPSA) is 12.0 Å². The highest BCUT2D eigenvalue weighted by atomic mass is 19.4. The van der Waals surface area contributed by atoms with E-state index in [-0.39, 0.29) is 5.69 Å². The highest BCUT2D eigenvalue weighted by molar-refractivity contribution is 5.50. The molecule has 0 amide bonds. The number of alkyl halides is 6. The van der Waals surface area contributed by atoms with E-state index < -0.39 is 23.5 Å². The van der Waals surface area contributed by atoms with Gasteiger partial charge in [-0.15, -0.1) is 0 Å². The average molecular weight is 243 g/mol. The van der Waals surface area contributed by atoms with Crippen molar-refractivity contribution in [3.8, 4) is 0 Å². The molecule has 7 heteroatoms. The Morgan fingerprint density at radius 3 is 1.75 bits per heavy atom. The van der Waals surface area contributed by atoms with Crippen LogP contribution in [0.5, 0.6) is 0 Å². The van der Waals surface area contributed by atoms with Crippen molar-refractivity contribution in [1.29, 1.82) is 0 Å². The van der Waals surface area contributed by atoms with Gasteiger partial charge in [-0.05, 0) is 18.2 Å². The van der Waals surface area contributed by atoms with Crippen LogP contribution in [0.15, 0.2) is 18.2 Å². The first-order valence-electron chi connectivity index (χ1n) is 4.12. The molecule has 0 aliphatic heterocycles. The molecular formula is C9H7F6N. The summed E-state index contributed by atoms with van der Waals surface area (Å²) in [5, 5.41) is 2.35. The van der Waals surface area contributed by atoms with Crippen LogP contribution in [0, 0.1) is 0 Å². The number of benzene rings is 1. The molecule has 0 aliphatic rings. The van der Waals surface area contributed by atoms with Crippen molar-refractivity contribution in [3.05, 3.63) is 29.3 Å². The summed E-state index contributed by atoms with van der Waals surface area (Å²) in [6, 6.07) is 1.79. The number of halogens is 6. The second-order valence-electron chi connectivity index (χ2n) is 3.01. The maximum absolute atomic E-state index is 12.4. The fourth-order valence-corrected chi connectivity index (χ4v) is 1.18. The Kier molecular flexibility index (Phi) is 3.07. The molecule has 0 radical (unpaired) electrons. The van der Waals surface area contributed by atoms with E-state index in [0.717, 1.165) is 6.07 Å². The molecule has 1 nitrogen and oxygen atoms in total. The van der Waals surface area contributed by atoms with E-state index in [1.54, 1.807) is 0 Å². The lowest BCUT2D eigenvalue weighted by molar-refractivity contribution is -0.162. The van der Waals surface area contributed by atoms with Crippen molar-refractivity contribution in [2.45, 2.75) is 12.4 Å². The number of hydrogen-bond donors (Lipinski definition) is 1. The van der Waals surface area contributed by atoms with Crippen LogP contribution in [0.2, 0.25) is 0 Å². The van der Waals surface area contributed by atoms with Gasteiger partial charge in [-0.1, -0.05) is 0 Å². The van der Waals surface area contributed by atoms with Gasteiger partial charge in [0.15, 0.2) is 0 Å². The van der Waals surface area contributed by atoms with Gasteiger partial charge in [0, 0.05) is 12.7 Å². The molecule has 0 fully saturated rings. The maximum atomic E-state index is 12.4. The van der Waals surface area contributed by atoms with E-state index in [0.29, 0.717) is 12.1 Å². The van der Waals surface area contributed by atoms with Crippen LogP contribution < -0.4 is 5.32 Å². The molecule has 1 N–H and O–H groups in total. The van der Waals surface area contributed by atoms with Crippen LogP contribution in [-0.4, -0.2) is 7.05 Å². The summed E-state index contributed by atoms with van der Waals surface area (Å²) in [7, 11) is 1.32. The van der Waals surface area contributed by atoms with Crippen molar-refractivity contribution < 1.29 is 26.3 Å². The summed E-state index contributed by atoms with van der Waals surface area (Å²) < 4.78 is 74.0. The quantitative estimate of drug-likeness (QED) is 0.740. The summed E-state index contributed by atoms with van der Waals surface area (Å²) in [6.45, 7) is 0. The van der Waals surface area contributed by atoms with E-state index in [2.05, 4.69) is 5.32 Å². The average Bonchev–Trinajstić information content (AvgIpc) is 2.14. The Bertz CT molecular complexity index is 379. The summed E-state index contributed by atoms with van der Waals surface area (Å²) in [6.07, 6.45) is -10.0. The smallest absolute Gasteiger partial charge is 0.388 e. The van der Waals surface area contributed by atoms with Gasteiger partial charge in [0.05, 0.1) is 11.1 Å². The largest absolute Gasteiger partial charge is 0.417 e. The molecule has 1 aromatic carbocycles. The van der Waals surface area contributed by atoms with Crippen molar-refractivity contribution >= 4 is 5.69 Å². The molecule has 0 saturated heterocycles. The predicted octanol–water partition coefficient (Wildman–Crippen LogP) is 3.77. The first-order chi connectivity index (χ1) is 7.16. The molecule has 90 valence electrons. The van der Waals surface area contributed by atoms with E-state index in [4.69, 9.17) is 0 Å². The third-order valence-electron chi connectivity index (χ3n) is 1.92. The normalized spacial score (nSPS) is 12.7. The number of nitrogens with one attached hydrogen (secondary N) is 1. The minimum Gasteiger partial charge on any atom is -0.388 e. The van der Waals surface area contributed by atoms with Crippen LogP contribution in [0.1, 0.15) is 11.1 Å². The Morgan fingerprint density at radius 2 is 1.38 bits per heavy atom. The summed E-state index contributed by atoms with van der Waals surface area (Å²) in [5.74, 6) is 0. The van der Waals surface area contributed by atoms with Gasteiger partial charge in [0.1, 0.15) is 0 Å². The summed E-state index contributed by atoms with van der Waals surface area (Å²) in [4.78, 5) is 0. The van der Waals surface area contributed by atoms with Crippen LogP contribution in [0.25, 0.3) is 0 Å². The minimum atomic E-state index is -5.03. The number of hydrogen-bond acceptors (Lipinski definition) is 1. The predicted molar refractivity (Wildman–Crippen MR) is 46.0 cm³/mol. The van der Waals surface area contributed by atoms with Gasteiger partial charge in [0.25, 0.3) is 0 Å². The standard InChI is InChI=1S/C9H7F6N/c1-16-5-2-3-6(8(10,11)12)7(4-5)9(13,14)15/h2-4,16H,1H3. The Labute approximate surface area is 87.1 Å². The first-order valence-corrected chi connectivity index (χ1v) is 4.12. The van der Waals surface area contributed by atoms with Crippen molar-refractivity contribution in [2.24, 2.45) is 0 Å². The maximum Gasteiger partial charge on any atom is 0.417 e. The van der Waals surface area contributed by atoms with Crippen LogP contribution in [0.3, 0.4) is 0 Å². The summed E-state index contributed by atoms with van der Waals surface area (Å²) in [5.41, 5.74) is -3.40. The van der Waals surface area contributed by atoms with Gasteiger partial charge in [0.2, 0.25) is 0 Å². The zero-order chi connectivity index (χ0) is 12.6. The van der Waals surface area contributed by atoms with Crippen molar-refractivity contribution in [2.75, 3.05) is 12.4 Å². The van der Waals surface area contributed by atoms with E-state index in [1.165, 1.54) is 7.05 Å². The molecule has 0 unspecified atom stereocenters. The Morgan fingerprint density at radius 1 is 0.875 bits per heavy atom. The second kappa shape index (κ2) is 3.88. The Hall–Kier alpha value is -1.40. The minimum absolute atomic E-state index is 0.0275. The van der Waals surface area contributed by atoms with Gasteiger partial charge >= 0.3 is 12.4 Å². The van der Waals surface area contributed by atoms with E-state index >= 15 is 0 Å². The molecule has 0 aliphatic carbocycles. The second-order valence-corrected chi connectivity index (χ2v) is 3.01. The molecular weight excluding hydrogens is 236 g/mol. The highest BCUT2D eigenvalue weighted by Gasteiger charge is 2.42. The van der Waals surface area contributed by atoms with Crippen molar-refractivity contribution in [1.82, 2.24) is 0 Å².